The summed E-state index contributed by atoms with van der Waals surface area (Å²) < 4.78 is 0. The van der Waals surface area contributed by atoms with E-state index in [0.717, 1.165) is 39.2 Å². The van der Waals surface area contributed by atoms with Crippen molar-refractivity contribution in [2.45, 2.75) is 0 Å². The largest absolute Gasteiger partial charge is 0.398 e. The average Bonchev–Trinajstić information content (AvgIpc) is 3.17. The first kappa shape index (κ1) is 21.0. The first-order valence-corrected chi connectivity index (χ1v) is 14.7. The Morgan fingerprint density at radius 3 is 2.11 bits per heavy atom. The quantitative estimate of drug-likeness (QED) is 0.419. The molecule has 0 aliphatic heterocycles. The standard InChI is InChI=1S/C19H15N3.S6/c20-16-12-14(13-6-2-1-3-7-13)10-11-15(16)19-21-17-8-4-5-9-18(17)22-19;1-3-5-6-4-2/h1-12H,20H2,(H,21,22);. The highest BCUT2D eigenvalue weighted by Gasteiger charge is 2.09. The molecular formula is C19H15N3S6. The van der Waals surface area contributed by atoms with Crippen molar-refractivity contribution >= 4 is 74.6 Å². The minimum Gasteiger partial charge on any atom is -0.398 e. The summed E-state index contributed by atoms with van der Waals surface area (Å²) in [6, 6.07) is 24.3. The van der Waals surface area contributed by atoms with Gasteiger partial charge in [-0.25, -0.2) is 4.98 Å². The van der Waals surface area contributed by atoms with Crippen molar-refractivity contribution in [1.29, 1.82) is 0 Å². The Kier molecular flexibility index (Phi) is 8.01. The van der Waals surface area contributed by atoms with E-state index >= 15 is 0 Å². The van der Waals surface area contributed by atoms with Crippen LogP contribution in [-0.4, -0.2) is 9.97 Å². The van der Waals surface area contributed by atoms with Crippen molar-refractivity contribution in [2.24, 2.45) is 0 Å². The lowest BCUT2D eigenvalue weighted by Crippen LogP contribution is -1.92. The third kappa shape index (κ3) is 5.40. The predicted octanol–water partition coefficient (Wildman–Crippen LogP) is 4.46. The van der Waals surface area contributed by atoms with E-state index < -0.39 is 0 Å². The number of benzene rings is 3. The van der Waals surface area contributed by atoms with Gasteiger partial charge in [0.2, 0.25) is 0 Å². The second-order valence-corrected chi connectivity index (χ2v) is 12.6. The van der Waals surface area contributed by atoms with Gasteiger partial charge in [0.15, 0.2) is 0 Å². The molecule has 4 rings (SSSR count). The van der Waals surface area contributed by atoms with Gasteiger partial charge in [0, 0.05) is 69.1 Å². The molecule has 9 heteroatoms. The number of H-pyrrole nitrogens is 1. The fourth-order valence-corrected chi connectivity index (χ4v) is 8.18. The van der Waals surface area contributed by atoms with Crippen molar-refractivity contribution < 1.29 is 0 Å². The van der Waals surface area contributed by atoms with Crippen LogP contribution in [0, 0.1) is 0 Å². The van der Waals surface area contributed by atoms with Gasteiger partial charge in [-0.1, -0.05) is 48.5 Å². The number of para-hydroxylation sites is 2. The summed E-state index contributed by atoms with van der Waals surface area (Å²) in [6.45, 7) is 0. The number of anilines is 1. The molecule has 0 amide bonds. The summed E-state index contributed by atoms with van der Waals surface area (Å²) in [5.41, 5.74) is 12.1. The summed E-state index contributed by atoms with van der Waals surface area (Å²) in [5, 5.41) is 0. The highest BCUT2D eigenvalue weighted by Crippen LogP contribution is 2.30. The lowest BCUT2D eigenvalue weighted by atomic mass is 10.0. The van der Waals surface area contributed by atoms with Crippen molar-refractivity contribution in [3.63, 3.8) is 0 Å². The normalized spacial score (nSPS) is 9.86. The smallest absolute Gasteiger partial charge is 0.140 e. The minimum absolute atomic E-state index is 0.723. The summed E-state index contributed by atoms with van der Waals surface area (Å²) in [5.74, 6) is 0.804. The highest BCUT2D eigenvalue weighted by molar-refractivity contribution is 8.64. The van der Waals surface area contributed by atoms with Gasteiger partial charge in [0.25, 0.3) is 0 Å². The van der Waals surface area contributed by atoms with E-state index in [9.17, 15) is 0 Å². The van der Waals surface area contributed by atoms with Gasteiger partial charge in [-0.15, -0.1) is 0 Å². The van der Waals surface area contributed by atoms with Crippen LogP contribution in [0.3, 0.4) is 0 Å². The lowest BCUT2D eigenvalue weighted by Gasteiger charge is -2.06. The highest BCUT2D eigenvalue weighted by atomic mass is 33.3. The van der Waals surface area contributed by atoms with Gasteiger partial charge in [-0.05, 0) is 35.4 Å². The molecule has 0 radical (unpaired) electrons. The average molecular weight is 478 g/mol. The monoisotopic (exact) mass is 477 g/mol. The predicted molar refractivity (Wildman–Crippen MR) is 136 cm³/mol. The maximum absolute atomic E-state index is 6.25. The van der Waals surface area contributed by atoms with Gasteiger partial charge in [0.05, 0.1) is 11.0 Å². The molecule has 1 aromatic heterocycles. The summed E-state index contributed by atoms with van der Waals surface area (Å²) in [4.78, 5) is 7.93. The Labute approximate surface area is 184 Å². The zero-order chi connectivity index (χ0) is 19.8. The molecule has 0 aliphatic carbocycles. The number of imidazole rings is 1. The minimum atomic E-state index is 0.723. The van der Waals surface area contributed by atoms with Crippen LogP contribution in [0.2, 0.25) is 0 Å². The molecule has 0 aliphatic rings. The fourth-order valence-electron chi connectivity index (χ4n) is 2.69. The van der Waals surface area contributed by atoms with Crippen molar-refractivity contribution in [1.82, 2.24) is 9.97 Å². The van der Waals surface area contributed by atoms with Crippen LogP contribution < -0.4 is 5.73 Å². The zero-order valence-electron chi connectivity index (χ0n) is 14.4. The SMILES string of the molecule is Nc1cc(-c2ccccc2)ccc1-c1nc2ccccc2[nH]1.S=S=S=S=S=S. The number of fused-ring (bicyclic) bond motifs is 1. The Morgan fingerprint density at radius 1 is 0.786 bits per heavy atom. The van der Waals surface area contributed by atoms with E-state index in [1.165, 1.54) is 35.5 Å². The van der Waals surface area contributed by atoms with E-state index in [4.69, 9.17) is 5.73 Å². The lowest BCUT2D eigenvalue weighted by molar-refractivity contribution is 1.34. The maximum atomic E-state index is 6.25. The molecule has 0 spiro atoms. The summed E-state index contributed by atoms with van der Waals surface area (Å²) in [7, 11) is 5.63. The Hall–Kier alpha value is -1.75. The molecule has 0 fully saturated rings. The fraction of sp³-hybridized carbons (Fsp3) is 0. The van der Waals surface area contributed by atoms with Crippen molar-refractivity contribution in [3.05, 3.63) is 72.8 Å². The molecular weight excluding hydrogens is 463 g/mol. The molecule has 0 unspecified atom stereocenters. The summed E-state index contributed by atoms with van der Waals surface area (Å²) in [6.07, 6.45) is 0. The molecule has 3 N–H and O–H groups in total. The molecule has 0 bridgehead atoms. The first-order valence-electron chi connectivity index (χ1n) is 8.05. The number of hydrogen-bond acceptors (Lipinski definition) is 4. The Balaban J connectivity index is 0.000000330. The van der Waals surface area contributed by atoms with Crippen LogP contribution in [0.25, 0.3) is 33.5 Å². The van der Waals surface area contributed by atoms with E-state index in [1.807, 2.05) is 54.6 Å². The maximum Gasteiger partial charge on any atom is 0.140 e. The van der Waals surface area contributed by atoms with Crippen LogP contribution in [0.1, 0.15) is 0 Å². The van der Waals surface area contributed by atoms with E-state index in [0.29, 0.717) is 0 Å². The second kappa shape index (κ2) is 10.7. The third-order valence-electron chi connectivity index (χ3n) is 3.89. The Bertz CT molecular complexity index is 1210. The molecule has 1 heterocycles. The van der Waals surface area contributed by atoms with Crippen LogP contribution in [0.4, 0.5) is 5.69 Å². The summed E-state index contributed by atoms with van der Waals surface area (Å²) >= 11 is 9.03. The molecule has 3 aromatic carbocycles. The molecule has 0 saturated carbocycles. The number of nitrogen functional groups attached to an aromatic ring is 1. The van der Waals surface area contributed by atoms with Crippen LogP contribution in [-0.2, 0) is 57.9 Å². The van der Waals surface area contributed by atoms with E-state index in [-0.39, 0.29) is 0 Å². The van der Waals surface area contributed by atoms with Crippen LogP contribution in [0.5, 0.6) is 0 Å². The Morgan fingerprint density at radius 2 is 1.46 bits per heavy atom. The topological polar surface area (TPSA) is 54.7 Å². The van der Waals surface area contributed by atoms with Gasteiger partial charge in [0.1, 0.15) is 5.82 Å². The second-order valence-electron chi connectivity index (χ2n) is 5.54. The van der Waals surface area contributed by atoms with Gasteiger partial charge in [-0.3, -0.25) is 0 Å². The molecule has 0 atom stereocenters. The number of aromatic amines is 1. The number of aromatic nitrogens is 2. The molecule has 3 nitrogen and oxygen atoms in total. The van der Waals surface area contributed by atoms with Gasteiger partial charge in [-0.2, -0.15) is 0 Å². The number of rotatable bonds is 2. The van der Waals surface area contributed by atoms with E-state index in [2.05, 4.69) is 50.5 Å². The van der Waals surface area contributed by atoms with Gasteiger partial charge >= 0.3 is 0 Å². The number of nitrogens with one attached hydrogen (secondary N) is 1. The number of nitrogens with two attached hydrogens (primary N) is 1. The first-order chi connectivity index (χ1) is 13.7. The molecule has 28 heavy (non-hydrogen) atoms. The van der Waals surface area contributed by atoms with Crippen molar-refractivity contribution in [2.75, 3.05) is 5.73 Å². The number of nitrogens with zero attached hydrogens (tertiary/aromatic N) is 1. The van der Waals surface area contributed by atoms with E-state index in [1.54, 1.807) is 0 Å². The molecule has 142 valence electrons. The molecule has 4 aromatic rings. The number of hydrogen-bond donors (Lipinski definition) is 2. The molecule has 0 saturated heterocycles. The van der Waals surface area contributed by atoms with Crippen LogP contribution in [0.15, 0.2) is 72.8 Å². The zero-order valence-corrected chi connectivity index (χ0v) is 19.3. The van der Waals surface area contributed by atoms with Gasteiger partial charge < -0.3 is 10.7 Å². The third-order valence-corrected chi connectivity index (χ3v) is 10.6. The van der Waals surface area contributed by atoms with Crippen LogP contribution >= 0.6 is 0 Å². The van der Waals surface area contributed by atoms with Crippen molar-refractivity contribution in [3.8, 4) is 22.5 Å².